The van der Waals surface area contributed by atoms with Gasteiger partial charge in [-0.05, 0) is 22.3 Å². The van der Waals surface area contributed by atoms with Gasteiger partial charge in [0.1, 0.15) is 6.61 Å². The second kappa shape index (κ2) is 7.36. The number of fused-ring (bicyclic) bond motifs is 3. The van der Waals surface area contributed by atoms with Gasteiger partial charge >= 0.3 is 12.1 Å². The molecule has 2 aromatic carbocycles. The number of ether oxygens (including phenoxy) is 2. The first-order valence-corrected chi connectivity index (χ1v) is 7.96. The minimum absolute atomic E-state index is 0.113. The summed E-state index contributed by atoms with van der Waals surface area (Å²) in [5, 5.41) is 8.68. The number of benzene rings is 2. The summed E-state index contributed by atoms with van der Waals surface area (Å²) in [5.41, 5.74) is 4.21. The Kier molecular flexibility index (Phi) is 5.00. The number of carboxylic acids is 1. The molecular weight excluding hydrogens is 322 g/mol. The van der Waals surface area contributed by atoms with Crippen LogP contribution >= 0.6 is 0 Å². The molecule has 0 saturated heterocycles. The highest BCUT2D eigenvalue weighted by Crippen LogP contribution is 2.46. The van der Waals surface area contributed by atoms with E-state index < -0.39 is 18.7 Å². The van der Waals surface area contributed by atoms with Crippen LogP contribution in [0.3, 0.4) is 0 Å². The van der Waals surface area contributed by atoms with Crippen molar-refractivity contribution in [1.82, 2.24) is 4.90 Å². The number of aliphatic carboxylic acids is 1. The lowest BCUT2D eigenvalue weighted by Crippen LogP contribution is -2.37. The summed E-state index contributed by atoms with van der Waals surface area (Å²) in [5.74, 6) is -1.04. The summed E-state index contributed by atoms with van der Waals surface area (Å²) in [7, 11) is 1.33. The molecule has 0 saturated carbocycles. The van der Waals surface area contributed by atoms with Crippen LogP contribution in [-0.4, -0.2) is 48.9 Å². The van der Waals surface area contributed by atoms with E-state index in [0.29, 0.717) is 0 Å². The van der Waals surface area contributed by atoms with E-state index in [2.05, 4.69) is 0 Å². The number of hydrogen-bond acceptors (Lipinski definition) is 4. The number of nitrogens with zero attached hydrogens (tertiary/aromatic N) is 1. The molecule has 0 bridgehead atoms. The van der Waals surface area contributed by atoms with Crippen LogP contribution in [0.15, 0.2) is 48.5 Å². The first-order chi connectivity index (χ1) is 12.1. The second-order valence-electron chi connectivity index (χ2n) is 5.69. The van der Waals surface area contributed by atoms with Crippen molar-refractivity contribution in [3.05, 3.63) is 59.7 Å². The first-order valence-electron chi connectivity index (χ1n) is 7.96. The van der Waals surface area contributed by atoms with Crippen molar-refractivity contribution >= 4 is 12.1 Å². The molecule has 0 fully saturated rings. The van der Waals surface area contributed by atoms with Gasteiger partial charge in [0.2, 0.25) is 0 Å². The van der Waals surface area contributed by atoms with E-state index in [1.54, 1.807) is 4.90 Å². The molecule has 1 N–H and O–H groups in total. The molecule has 6 nitrogen and oxygen atoms in total. The average molecular weight is 341 g/mol. The lowest BCUT2D eigenvalue weighted by atomic mass is 10.0. The van der Waals surface area contributed by atoms with Crippen molar-refractivity contribution in [3.8, 4) is 11.1 Å². The zero-order valence-electron chi connectivity index (χ0n) is 13.8. The number of amides is 1. The molecular formula is C19H19NO5. The highest BCUT2D eigenvalue weighted by molar-refractivity contribution is 5.81. The number of methoxy groups -OCH3 is 1. The Morgan fingerprint density at radius 2 is 1.60 bits per heavy atom. The Hall–Kier alpha value is -2.86. The lowest BCUT2D eigenvalue weighted by molar-refractivity contribution is -0.142. The predicted molar refractivity (Wildman–Crippen MR) is 91.3 cm³/mol. The van der Waals surface area contributed by atoms with E-state index >= 15 is 0 Å². The van der Waals surface area contributed by atoms with E-state index in [1.165, 1.54) is 7.11 Å². The van der Waals surface area contributed by atoms with Crippen LogP contribution in [0, 0.1) is 0 Å². The fraction of sp³-hybridized carbons (Fsp3) is 0.263. The molecule has 2 aromatic rings. The van der Waals surface area contributed by atoms with Crippen molar-refractivity contribution < 1.29 is 24.2 Å². The molecule has 1 amide bonds. The quantitative estimate of drug-likeness (QED) is 0.818. The molecule has 6 heteroatoms. The van der Waals surface area contributed by atoms with E-state index in [4.69, 9.17) is 14.6 Å². The molecule has 1 aliphatic carbocycles. The van der Waals surface area contributed by atoms with Gasteiger partial charge in [0.05, 0.1) is 19.8 Å². The number of carboxylic acid groups (broad SMARTS) is 1. The van der Waals surface area contributed by atoms with Gasteiger partial charge in [0.15, 0.2) is 0 Å². The molecule has 0 heterocycles. The molecule has 0 aliphatic heterocycles. The van der Waals surface area contributed by atoms with Gasteiger partial charge in [-0.25, -0.2) is 9.59 Å². The van der Waals surface area contributed by atoms with Gasteiger partial charge in [-0.3, -0.25) is 4.90 Å². The van der Waals surface area contributed by atoms with E-state index in [0.717, 1.165) is 22.3 Å². The predicted octanol–water partition coefficient (Wildman–Crippen LogP) is 2.93. The van der Waals surface area contributed by atoms with Crippen LogP contribution in [0.25, 0.3) is 11.1 Å². The number of carbonyl (C=O) groups is 2. The standard InChI is InChI=1S/C19H19NO5/c1-24-19(23)20(10-11-25-12-17(21)22)18-15-8-4-2-6-13(15)14-7-3-5-9-16(14)18/h2-9,18H,10-12H2,1H3,(H,21,22). The van der Waals surface area contributed by atoms with E-state index in [1.807, 2.05) is 48.5 Å². The van der Waals surface area contributed by atoms with Crippen LogP contribution in [0.2, 0.25) is 0 Å². The minimum atomic E-state index is -1.04. The number of hydrogen-bond donors (Lipinski definition) is 1. The van der Waals surface area contributed by atoms with Crippen molar-refractivity contribution in [2.45, 2.75) is 6.04 Å². The Labute approximate surface area is 145 Å². The molecule has 0 aromatic heterocycles. The fourth-order valence-electron chi connectivity index (χ4n) is 3.23. The van der Waals surface area contributed by atoms with Gasteiger partial charge < -0.3 is 14.6 Å². The lowest BCUT2D eigenvalue weighted by Gasteiger charge is -2.29. The third-order valence-electron chi connectivity index (χ3n) is 4.22. The minimum Gasteiger partial charge on any atom is -0.480 e. The summed E-state index contributed by atoms with van der Waals surface area (Å²) in [6, 6.07) is 15.6. The zero-order chi connectivity index (χ0) is 17.8. The van der Waals surface area contributed by atoms with Crippen molar-refractivity contribution in [2.24, 2.45) is 0 Å². The maximum atomic E-state index is 12.4. The monoisotopic (exact) mass is 341 g/mol. The van der Waals surface area contributed by atoms with Crippen LogP contribution in [0.5, 0.6) is 0 Å². The van der Waals surface area contributed by atoms with Crippen LogP contribution in [0.4, 0.5) is 4.79 Å². The highest BCUT2D eigenvalue weighted by Gasteiger charge is 2.35. The summed E-state index contributed by atoms with van der Waals surface area (Å²) in [4.78, 5) is 24.5. The molecule has 0 atom stereocenters. The van der Waals surface area contributed by atoms with Crippen LogP contribution in [-0.2, 0) is 14.3 Å². The average Bonchev–Trinajstić information content (AvgIpc) is 2.96. The zero-order valence-corrected chi connectivity index (χ0v) is 13.8. The van der Waals surface area contributed by atoms with Crippen LogP contribution < -0.4 is 0 Å². The molecule has 130 valence electrons. The fourth-order valence-corrected chi connectivity index (χ4v) is 3.23. The SMILES string of the molecule is COC(=O)N(CCOCC(=O)O)C1c2ccccc2-c2ccccc21. The maximum Gasteiger partial charge on any atom is 0.410 e. The molecule has 0 spiro atoms. The smallest absolute Gasteiger partial charge is 0.410 e. The van der Waals surface area contributed by atoms with Crippen LogP contribution in [0.1, 0.15) is 17.2 Å². The van der Waals surface area contributed by atoms with Gasteiger partial charge in [-0.2, -0.15) is 0 Å². The summed E-state index contributed by atoms with van der Waals surface area (Å²) in [6.07, 6.45) is -0.476. The molecule has 3 rings (SSSR count). The number of rotatable bonds is 6. The number of carbonyl (C=O) groups excluding carboxylic acids is 1. The first kappa shape index (κ1) is 17.0. The topological polar surface area (TPSA) is 76.1 Å². The maximum absolute atomic E-state index is 12.4. The van der Waals surface area contributed by atoms with Crippen molar-refractivity contribution in [3.63, 3.8) is 0 Å². The highest BCUT2D eigenvalue weighted by atomic mass is 16.5. The second-order valence-corrected chi connectivity index (χ2v) is 5.69. The van der Waals surface area contributed by atoms with Gasteiger partial charge in [0, 0.05) is 6.54 Å². The largest absolute Gasteiger partial charge is 0.480 e. The summed E-state index contributed by atoms with van der Waals surface area (Å²) >= 11 is 0. The summed E-state index contributed by atoms with van der Waals surface area (Å²) in [6.45, 7) is -0.0532. The van der Waals surface area contributed by atoms with Gasteiger partial charge in [-0.1, -0.05) is 48.5 Å². The summed E-state index contributed by atoms with van der Waals surface area (Å²) < 4.78 is 10.1. The Morgan fingerprint density at radius 3 is 2.12 bits per heavy atom. The molecule has 25 heavy (non-hydrogen) atoms. The Bertz CT molecular complexity index is 743. The van der Waals surface area contributed by atoms with Gasteiger partial charge in [-0.15, -0.1) is 0 Å². The molecule has 0 radical (unpaired) electrons. The third kappa shape index (κ3) is 3.34. The Balaban J connectivity index is 1.92. The third-order valence-corrected chi connectivity index (χ3v) is 4.22. The molecule has 1 aliphatic rings. The van der Waals surface area contributed by atoms with Crippen molar-refractivity contribution in [1.29, 1.82) is 0 Å². The van der Waals surface area contributed by atoms with Crippen molar-refractivity contribution in [2.75, 3.05) is 26.9 Å². The normalized spacial score (nSPS) is 12.4. The van der Waals surface area contributed by atoms with E-state index in [9.17, 15) is 9.59 Å². The van der Waals surface area contributed by atoms with Gasteiger partial charge in [0.25, 0.3) is 0 Å². The molecule has 0 unspecified atom stereocenters. The van der Waals surface area contributed by atoms with E-state index in [-0.39, 0.29) is 19.2 Å². The Morgan fingerprint density at radius 1 is 1.04 bits per heavy atom.